The van der Waals surface area contributed by atoms with E-state index in [0.717, 1.165) is 16.8 Å². The summed E-state index contributed by atoms with van der Waals surface area (Å²) in [5, 5.41) is 5.67. The lowest BCUT2D eigenvalue weighted by atomic mass is 9.86. The second-order valence-electron chi connectivity index (χ2n) is 6.92. The number of rotatable bonds is 4. The van der Waals surface area contributed by atoms with Gasteiger partial charge in [0.15, 0.2) is 6.61 Å². The first-order chi connectivity index (χ1) is 11.8. The first-order valence-corrected chi connectivity index (χ1v) is 8.23. The summed E-state index contributed by atoms with van der Waals surface area (Å²) < 4.78 is 5.55. The van der Waals surface area contributed by atoms with Crippen molar-refractivity contribution in [1.82, 2.24) is 0 Å². The van der Waals surface area contributed by atoms with Crippen molar-refractivity contribution in [2.45, 2.75) is 33.1 Å². The van der Waals surface area contributed by atoms with Gasteiger partial charge < -0.3 is 15.4 Å². The van der Waals surface area contributed by atoms with Crippen molar-refractivity contribution in [2.24, 2.45) is 0 Å². The number of hydrogen-bond donors (Lipinski definition) is 2. The average Bonchev–Trinajstić information content (AvgIpc) is 2.78. The molecular formula is C20H22N2O3. The Bertz CT molecular complexity index is 856. The quantitative estimate of drug-likeness (QED) is 0.896. The number of amides is 2. The van der Waals surface area contributed by atoms with E-state index in [4.69, 9.17) is 4.74 Å². The highest BCUT2D eigenvalue weighted by atomic mass is 16.5. The van der Waals surface area contributed by atoms with Crippen molar-refractivity contribution >= 4 is 23.2 Å². The standard InChI is InChI=1S/C20H22N2O3/c1-12-5-7-15(9-13(12)2)25-11-18(23)21-14-6-8-17-16(10-14)20(3,4)19(24)22-17/h5-10H,11H2,1-4H3,(H,21,23)(H,22,24). The van der Waals surface area contributed by atoms with Gasteiger partial charge in [0.25, 0.3) is 5.91 Å². The third-order valence-corrected chi connectivity index (χ3v) is 4.64. The molecule has 0 bridgehead atoms. The molecule has 0 atom stereocenters. The highest BCUT2D eigenvalue weighted by Crippen LogP contribution is 2.38. The number of ether oxygens (including phenoxy) is 1. The SMILES string of the molecule is Cc1ccc(OCC(=O)Nc2ccc3c(c2)C(C)(C)C(=O)N3)cc1C. The summed E-state index contributed by atoms with van der Waals surface area (Å²) in [6.45, 7) is 7.69. The Morgan fingerprint density at radius 3 is 2.60 bits per heavy atom. The van der Waals surface area contributed by atoms with Gasteiger partial charge >= 0.3 is 0 Å². The van der Waals surface area contributed by atoms with Gasteiger partial charge in [-0.3, -0.25) is 9.59 Å². The van der Waals surface area contributed by atoms with Gasteiger partial charge in [-0.15, -0.1) is 0 Å². The van der Waals surface area contributed by atoms with Crippen LogP contribution in [0.25, 0.3) is 0 Å². The Labute approximate surface area is 147 Å². The maximum atomic E-state index is 12.1. The monoisotopic (exact) mass is 338 g/mol. The van der Waals surface area contributed by atoms with Gasteiger partial charge in [-0.25, -0.2) is 0 Å². The van der Waals surface area contributed by atoms with Crippen LogP contribution in [0.5, 0.6) is 5.75 Å². The molecular weight excluding hydrogens is 316 g/mol. The molecule has 3 rings (SSSR count). The zero-order valence-electron chi connectivity index (χ0n) is 14.9. The number of nitrogens with one attached hydrogen (secondary N) is 2. The molecule has 2 amide bonds. The predicted octanol–water partition coefficient (Wildman–Crippen LogP) is 3.55. The van der Waals surface area contributed by atoms with Gasteiger partial charge in [0.1, 0.15) is 5.75 Å². The maximum Gasteiger partial charge on any atom is 0.262 e. The van der Waals surface area contributed by atoms with Gasteiger partial charge in [0.2, 0.25) is 5.91 Å². The zero-order chi connectivity index (χ0) is 18.2. The van der Waals surface area contributed by atoms with E-state index >= 15 is 0 Å². The summed E-state index contributed by atoms with van der Waals surface area (Å²) in [6, 6.07) is 11.1. The van der Waals surface area contributed by atoms with Crippen molar-refractivity contribution in [3.8, 4) is 5.75 Å². The van der Waals surface area contributed by atoms with Crippen molar-refractivity contribution < 1.29 is 14.3 Å². The van der Waals surface area contributed by atoms with Crippen LogP contribution in [0, 0.1) is 13.8 Å². The summed E-state index contributed by atoms with van der Waals surface area (Å²) in [5.74, 6) is 0.389. The molecule has 0 fully saturated rings. The molecule has 5 nitrogen and oxygen atoms in total. The number of carbonyl (C=O) groups excluding carboxylic acids is 2. The summed E-state index contributed by atoms with van der Waals surface area (Å²) >= 11 is 0. The van der Waals surface area contributed by atoms with Crippen LogP contribution in [0.4, 0.5) is 11.4 Å². The molecule has 1 aliphatic heterocycles. The molecule has 0 radical (unpaired) electrons. The van der Waals surface area contributed by atoms with E-state index in [1.807, 2.05) is 58.0 Å². The van der Waals surface area contributed by atoms with Crippen LogP contribution >= 0.6 is 0 Å². The molecule has 0 aromatic heterocycles. The number of benzene rings is 2. The average molecular weight is 338 g/mol. The zero-order valence-corrected chi connectivity index (χ0v) is 14.9. The van der Waals surface area contributed by atoms with Crippen molar-refractivity contribution in [2.75, 3.05) is 17.2 Å². The van der Waals surface area contributed by atoms with Crippen LogP contribution in [0.2, 0.25) is 0 Å². The fraction of sp³-hybridized carbons (Fsp3) is 0.300. The number of anilines is 2. The smallest absolute Gasteiger partial charge is 0.262 e. The van der Waals surface area contributed by atoms with Gasteiger partial charge in [-0.1, -0.05) is 6.07 Å². The van der Waals surface area contributed by atoms with Crippen LogP contribution < -0.4 is 15.4 Å². The minimum absolute atomic E-state index is 0.0379. The molecule has 5 heteroatoms. The molecule has 1 aliphatic rings. The minimum Gasteiger partial charge on any atom is -0.484 e. The highest BCUT2D eigenvalue weighted by molar-refractivity contribution is 6.06. The maximum absolute atomic E-state index is 12.1. The third kappa shape index (κ3) is 3.36. The molecule has 2 aromatic rings. The van der Waals surface area contributed by atoms with E-state index in [1.54, 1.807) is 6.07 Å². The topological polar surface area (TPSA) is 67.4 Å². The van der Waals surface area contributed by atoms with Crippen LogP contribution in [-0.4, -0.2) is 18.4 Å². The van der Waals surface area contributed by atoms with E-state index < -0.39 is 5.41 Å². The largest absolute Gasteiger partial charge is 0.484 e. The molecule has 1 heterocycles. The molecule has 0 aliphatic carbocycles. The molecule has 25 heavy (non-hydrogen) atoms. The predicted molar refractivity (Wildman–Crippen MR) is 98.1 cm³/mol. The van der Waals surface area contributed by atoms with Gasteiger partial charge in [0, 0.05) is 11.4 Å². The molecule has 0 spiro atoms. The number of aryl methyl sites for hydroxylation is 2. The van der Waals surface area contributed by atoms with Crippen LogP contribution in [0.15, 0.2) is 36.4 Å². The number of fused-ring (bicyclic) bond motifs is 1. The van der Waals surface area contributed by atoms with E-state index in [2.05, 4.69) is 10.6 Å². The van der Waals surface area contributed by atoms with E-state index in [0.29, 0.717) is 11.4 Å². The van der Waals surface area contributed by atoms with Gasteiger partial charge in [0.05, 0.1) is 5.41 Å². The first kappa shape index (κ1) is 17.0. The normalized spacial score (nSPS) is 14.6. The molecule has 0 saturated carbocycles. The lowest BCUT2D eigenvalue weighted by Crippen LogP contribution is -2.27. The van der Waals surface area contributed by atoms with E-state index in [-0.39, 0.29) is 18.4 Å². The molecule has 0 unspecified atom stereocenters. The summed E-state index contributed by atoms with van der Waals surface area (Å²) in [4.78, 5) is 24.1. The van der Waals surface area contributed by atoms with Gasteiger partial charge in [-0.05, 0) is 74.7 Å². The third-order valence-electron chi connectivity index (χ3n) is 4.64. The Kier molecular flexibility index (Phi) is 4.25. The highest BCUT2D eigenvalue weighted by Gasteiger charge is 2.38. The fourth-order valence-electron chi connectivity index (χ4n) is 2.80. The lowest BCUT2D eigenvalue weighted by molar-refractivity contribution is -0.120. The number of carbonyl (C=O) groups is 2. The summed E-state index contributed by atoms with van der Waals surface area (Å²) in [5.41, 5.74) is 4.02. The Balaban J connectivity index is 1.65. The fourth-order valence-corrected chi connectivity index (χ4v) is 2.80. The molecule has 130 valence electrons. The van der Waals surface area contributed by atoms with Crippen molar-refractivity contribution in [3.63, 3.8) is 0 Å². The summed E-state index contributed by atoms with van der Waals surface area (Å²) in [6.07, 6.45) is 0. The van der Waals surface area contributed by atoms with Crippen LogP contribution in [0.1, 0.15) is 30.5 Å². The Morgan fingerprint density at radius 2 is 1.88 bits per heavy atom. The minimum atomic E-state index is -0.605. The van der Waals surface area contributed by atoms with E-state index in [9.17, 15) is 9.59 Å². The van der Waals surface area contributed by atoms with Crippen molar-refractivity contribution in [3.05, 3.63) is 53.1 Å². The molecule has 0 saturated heterocycles. The molecule has 2 N–H and O–H groups in total. The molecule has 2 aromatic carbocycles. The van der Waals surface area contributed by atoms with Crippen LogP contribution in [-0.2, 0) is 15.0 Å². The van der Waals surface area contributed by atoms with E-state index in [1.165, 1.54) is 5.56 Å². The van der Waals surface area contributed by atoms with Gasteiger partial charge in [-0.2, -0.15) is 0 Å². The Morgan fingerprint density at radius 1 is 1.12 bits per heavy atom. The lowest BCUT2D eigenvalue weighted by Gasteiger charge is -2.16. The summed E-state index contributed by atoms with van der Waals surface area (Å²) in [7, 11) is 0. The second-order valence-corrected chi connectivity index (χ2v) is 6.92. The Hall–Kier alpha value is -2.82. The second kappa shape index (κ2) is 6.24. The van der Waals surface area contributed by atoms with Crippen LogP contribution in [0.3, 0.4) is 0 Å². The number of hydrogen-bond acceptors (Lipinski definition) is 3. The first-order valence-electron chi connectivity index (χ1n) is 8.23. The van der Waals surface area contributed by atoms with Crippen molar-refractivity contribution in [1.29, 1.82) is 0 Å².